The zero-order valence-corrected chi connectivity index (χ0v) is 15.8. The molecule has 0 saturated carbocycles. The quantitative estimate of drug-likeness (QED) is 0.264. The van der Waals surface area contributed by atoms with Crippen molar-refractivity contribution in [2.45, 2.75) is 78.6 Å². The van der Waals surface area contributed by atoms with Crippen LogP contribution in [0.3, 0.4) is 0 Å². The molecule has 0 fully saturated rings. The van der Waals surface area contributed by atoms with Crippen LogP contribution in [0.1, 0.15) is 78.6 Å². The molecule has 0 aliphatic rings. The van der Waals surface area contributed by atoms with E-state index in [0.717, 1.165) is 0 Å². The average Bonchev–Trinajstić information content (AvgIpc) is 2.30. The van der Waals surface area contributed by atoms with E-state index in [-0.39, 0.29) is 0 Å². The number of unbranched alkanes of at least 4 members (excludes halogenated alkanes) is 6. The second-order valence-electron chi connectivity index (χ2n) is 6.44. The first-order chi connectivity index (χ1) is 8.46. The van der Waals surface area contributed by atoms with E-state index in [4.69, 9.17) is 0 Å². The van der Waals surface area contributed by atoms with Gasteiger partial charge in [-0.15, -0.1) is 0 Å². The zero-order valence-electron chi connectivity index (χ0n) is 13.3. The van der Waals surface area contributed by atoms with Crippen molar-refractivity contribution in [1.29, 1.82) is 0 Å². The van der Waals surface area contributed by atoms with Crippen LogP contribution >= 0.6 is 20.8 Å². The fraction of sp³-hybridized carbons (Fsp3) is 1.00. The molecule has 0 aromatic carbocycles. The summed E-state index contributed by atoms with van der Waals surface area (Å²) in [6, 6.07) is 0. The maximum absolute atomic E-state index is 4.31. The minimum atomic E-state index is -1.52. The van der Waals surface area contributed by atoms with Crippen molar-refractivity contribution in [2.24, 2.45) is 0 Å². The molecule has 0 heterocycles. The molecule has 112 valence electrons. The Bertz CT molecular complexity index is 168. The first-order valence-corrected chi connectivity index (χ1v) is 13.4. The number of hydrogen-bond acceptors (Lipinski definition) is 0. The second-order valence-corrected chi connectivity index (χ2v) is 18.7. The summed E-state index contributed by atoms with van der Waals surface area (Å²) in [6.07, 6.45) is 17.1. The molecular formula is C16H36BrP. The Kier molecular flexibility index (Phi) is 10.3. The van der Waals surface area contributed by atoms with Gasteiger partial charge in [-0.1, -0.05) is 0 Å². The Balaban J connectivity index is 4.33. The van der Waals surface area contributed by atoms with Crippen molar-refractivity contribution in [2.75, 3.05) is 25.2 Å². The summed E-state index contributed by atoms with van der Waals surface area (Å²) >= 11 is 4.31. The molecule has 0 bridgehead atoms. The fourth-order valence-corrected chi connectivity index (χ4v) is 8.99. The second kappa shape index (κ2) is 9.76. The van der Waals surface area contributed by atoms with Crippen molar-refractivity contribution in [1.82, 2.24) is 0 Å². The van der Waals surface area contributed by atoms with E-state index in [1.165, 1.54) is 76.3 Å². The molecule has 0 rings (SSSR count). The van der Waals surface area contributed by atoms with Gasteiger partial charge in [-0.25, -0.2) is 0 Å². The topological polar surface area (TPSA) is 0 Å². The third kappa shape index (κ3) is 8.92. The van der Waals surface area contributed by atoms with Gasteiger partial charge in [0, 0.05) is 0 Å². The summed E-state index contributed by atoms with van der Waals surface area (Å²) in [7, 11) is 0. The third-order valence-corrected chi connectivity index (χ3v) is 12.0. The Hall–Kier alpha value is 0.910. The van der Waals surface area contributed by atoms with E-state index in [9.17, 15) is 0 Å². The summed E-state index contributed by atoms with van der Waals surface area (Å²) < 4.78 is 0. The number of halogens is 1. The molecule has 0 aromatic rings. The summed E-state index contributed by atoms with van der Waals surface area (Å²) in [5, 5.41) is -1.52. The van der Waals surface area contributed by atoms with E-state index in [0.29, 0.717) is 0 Å². The van der Waals surface area contributed by atoms with Crippen molar-refractivity contribution >= 4 is 20.8 Å². The summed E-state index contributed by atoms with van der Waals surface area (Å²) in [5.41, 5.74) is 0. The molecule has 0 spiro atoms. The normalized spacial score (nSPS) is 14.4. The molecule has 0 aliphatic carbocycles. The van der Waals surface area contributed by atoms with Gasteiger partial charge in [0.05, 0.1) is 0 Å². The standard InChI is InChI=1S/C16H36BrP/c1-5-8-11-14-18(4,17,15-12-9-6-2)16-13-10-7-3/h5-16H2,1-4H3. The van der Waals surface area contributed by atoms with Gasteiger partial charge in [-0.05, 0) is 0 Å². The van der Waals surface area contributed by atoms with E-state index in [1.54, 1.807) is 0 Å². The van der Waals surface area contributed by atoms with Crippen LogP contribution in [-0.4, -0.2) is 25.2 Å². The molecular weight excluding hydrogens is 303 g/mol. The van der Waals surface area contributed by atoms with Gasteiger partial charge in [0.15, 0.2) is 0 Å². The minimum absolute atomic E-state index is 1.35. The van der Waals surface area contributed by atoms with Crippen molar-refractivity contribution < 1.29 is 0 Å². The van der Waals surface area contributed by atoms with Crippen LogP contribution in [0, 0.1) is 0 Å². The summed E-state index contributed by atoms with van der Waals surface area (Å²) in [6.45, 7) is 9.56. The summed E-state index contributed by atoms with van der Waals surface area (Å²) in [5.74, 6) is 0. The molecule has 0 saturated heterocycles. The van der Waals surface area contributed by atoms with Crippen molar-refractivity contribution in [3.8, 4) is 0 Å². The van der Waals surface area contributed by atoms with Gasteiger partial charge in [0.25, 0.3) is 0 Å². The Morgan fingerprint density at radius 2 is 0.889 bits per heavy atom. The SMILES string of the molecule is CCCCCP(C)(Br)(CCCCC)CCCCC. The van der Waals surface area contributed by atoms with Crippen LogP contribution < -0.4 is 0 Å². The van der Waals surface area contributed by atoms with Crippen LogP contribution in [0.5, 0.6) is 0 Å². The maximum atomic E-state index is 4.31. The van der Waals surface area contributed by atoms with Gasteiger partial charge in [0.1, 0.15) is 0 Å². The van der Waals surface area contributed by atoms with E-state index in [1.807, 2.05) is 0 Å². The number of hydrogen-bond donors (Lipinski definition) is 0. The molecule has 0 N–H and O–H groups in total. The number of rotatable bonds is 12. The Labute approximate surface area is 124 Å². The molecule has 0 unspecified atom stereocenters. The van der Waals surface area contributed by atoms with Crippen LogP contribution in [0.2, 0.25) is 0 Å². The predicted octanol–water partition coefficient (Wildman–Crippen LogP) is 7.05. The van der Waals surface area contributed by atoms with Crippen LogP contribution in [-0.2, 0) is 0 Å². The van der Waals surface area contributed by atoms with Gasteiger partial charge in [-0.2, -0.15) is 0 Å². The molecule has 2 heteroatoms. The van der Waals surface area contributed by atoms with E-state index < -0.39 is 5.31 Å². The van der Waals surface area contributed by atoms with Gasteiger partial charge in [0.2, 0.25) is 0 Å². The molecule has 0 nitrogen and oxygen atoms in total. The van der Waals surface area contributed by atoms with Crippen molar-refractivity contribution in [3.63, 3.8) is 0 Å². The van der Waals surface area contributed by atoms with E-state index in [2.05, 4.69) is 42.9 Å². The first-order valence-electron chi connectivity index (χ1n) is 8.19. The van der Waals surface area contributed by atoms with Crippen LogP contribution in [0.25, 0.3) is 0 Å². The first kappa shape index (κ1) is 18.9. The molecule has 0 amide bonds. The third-order valence-electron chi connectivity index (χ3n) is 4.16. The van der Waals surface area contributed by atoms with Crippen molar-refractivity contribution in [3.05, 3.63) is 0 Å². The monoisotopic (exact) mass is 338 g/mol. The molecule has 0 aliphatic heterocycles. The van der Waals surface area contributed by atoms with E-state index >= 15 is 0 Å². The fourth-order valence-electron chi connectivity index (χ4n) is 2.75. The average molecular weight is 339 g/mol. The van der Waals surface area contributed by atoms with Gasteiger partial charge < -0.3 is 0 Å². The van der Waals surface area contributed by atoms with Gasteiger partial charge in [-0.3, -0.25) is 0 Å². The van der Waals surface area contributed by atoms with Crippen LogP contribution in [0.4, 0.5) is 0 Å². The predicted molar refractivity (Wildman–Crippen MR) is 94.9 cm³/mol. The Morgan fingerprint density at radius 3 is 1.11 bits per heavy atom. The molecule has 0 atom stereocenters. The molecule has 18 heavy (non-hydrogen) atoms. The molecule has 0 radical (unpaired) electrons. The molecule has 0 aromatic heterocycles. The van der Waals surface area contributed by atoms with Crippen LogP contribution in [0.15, 0.2) is 0 Å². The summed E-state index contributed by atoms with van der Waals surface area (Å²) in [4.78, 5) is 0. The van der Waals surface area contributed by atoms with Gasteiger partial charge >= 0.3 is 125 Å². The zero-order chi connectivity index (χ0) is 13.9. The Morgan fingerprint density at radius 1 is 0.611 bits per heavy atom.